The Labute approximate surface area is 168 Å². The molecule has 0 bridgehead atoms. The minimum Gasteiger partial charge on any atom is -0.326 e. The number of carbonyl (C=O) groups is 1. The SMILES string of the molecule is CCCCCCCCCCCCCCCCCCC(=O)Nc1ccccc1. The van der Waals surface area contributed by atoms with Crippen molar-refractivity contribution in [2.45, 2.75) is 116 Å². The van der Waals surface area contributed by atoms with Gasteiger partial charge in [-0.1, -0.05) is 121 Å². The molecule has 1 N–H and O–H groups in total. The summed E-state index contributed by atoms with van der Waals surface area (Å²) in [6.07, 6.45) is 22.5. The van der Waals surface area contributed by atoms with Gasteiger partial charge in [0.15, 0.2) is 0 Å². The molecule has 2 heteroatoms. The first-order valence-electron chi connectivity index (χ1n) is 11.7. The van der Waals surface area contributed by atoms with Crippen molar-refractivity contribution in [3.05, 3.63) is 30.3 Å². The van der Waals surface area contributed by atoms with Crippen LogP contribution in [0.4, 0.5) is 5.69 Å². The molecule has 1 amide bonds. The molecule has 0 aliphatic heterocycles. The quantitative estimate of drug-likeness (QED) is 0.258. The second kappa shape index (κ2) is 18.1. The summed E-state index contributed by atoms with van der Waals surface area (Å²) in [5.74, 6) is 0.145. The lowest BCUT2D eigenvalue weighted by Gasteiger charge is -2.05. The van der Waals surface area contributed by atoms with Crippen LogP contribution in [0.1, 0.15) is 116 Å². The van der Waals surface area contributed by atoms with E-state index in [-0.39, 0.29) is 5.91 Å². The van der Waals surface area contributed by atoms with Gasteiger partial charge in [-0.2, -0.15) is 0 Å². The van der Waals surface area contributed by atoms with Crippen molar-refractivity contribution in [3.63, 3.8) is 0 Å². The number of hydrogen-bond acceptors (Lipinski definition) is 1. The summed E-state index contributed by atoms with van der Waals surface area (Å²) in [7, 11) is 0. The third-order valence-corrected chi connectivity index (χ3v) is 5.31. The number of carbonyl (C=O) groups excluding carboxylic acids is 1. The molecule has 2 nitrogen and oxygen atoms in total. The molecule has 1 rings (SSSR count). The first kappa shape index (κ1) is 23.7. The maximum Gasteiger partial charge on any atom is 0.224 e. The molecular formula is C25H43NO. The van der Waals surface area contributed by atoms with Crippen molar-refractivity contribution in [1.29, 1.82) is 0 Å². The molecule has 0 heterocycles. The smallest absolute Gasteiger partial charge is 0.224 e. The Morgan fingerprint density at radius 2 is 1.04 bits per heavy atom. The third kappa shape index (κ3) is 15.4. The summed E-state index contributed by atoms with van der Waals surface area (Å²) >= 11 is 0. The number of amides is 1. The molecule has 154 valence electrons. The van der Waals surface area contributed by atoms with E-state index in [4.69, 9.17) is 0 Å². The van der Waals surface area contributed by atoms with Gasteiger partial charge in [0.25, 0.3) is 0 Å². The average Bonchev–Trinajstić information content (AvgIpc) is 2.68. The van der Waals surface area contributed by atoms with Crippen LogP contribution in [-0.4, -0.2) is 5.91 Å². The Hall–Kier alpha value is -1.31. The second-order valence-electron chi connectivity index (χ2n) is 7.97. The minimum absolute atomic E-state index is 0.145. The first-order chi connectivity index (χ1) is 13.3. The van der Waals surface area contributed by atoms with Crippen LogP contribution in [0.15, 0.2) is 30.3 Å². The Kier molecular flexibility index (Phi) is 15.9. The van der Waals surface area contributed by atoms with E-state index in [1.807, 2.05) is 30.3 Å². The van der Waals surface area contributed by atoms with Crippen LogP contribution in [-0.2, 0) is 4.79 Å². The Morgan fingerprint density at radius 3 is 1.48 bits per heavy atom. The highest BCUT2D eigenvalue weighted by Gasteiger charge is 2.01. The number of nitrogens with one attached hydrogen (secondary N) is 1. The monoisotopic (exact) mass is 373 g/mol. The minimum atomic E-state index is 0.145. The van der Waals surface area contributed by atoms with Gasteiger partial charge in [-0.15, -0.1) is 0 Å². The lowest BCUT2D eigenvalue weighted by molar-refractivity contribution is -0.116. The summed E-state index contributed by atoms with van der Waals surface area (Å²) in [6, 6.07) is 9.73. The summed E-state index contributed by atoms with van der Waals surface area (Å²) < 4.78 is 0. The highest BCUT2D eigenvalue weighted by atomic mass is 16.1. The number of hydrogen-bond donors (Lipinski definition) is 1. The summed E-state index contributed by atoms with van der Waals surface area (Å²) in [6.45, 7) is 2.28. The van der Waals surface area contributed by atoms with Crippen LogP contribution in [0.5, 0.6) is 0 Å². The van der Waals surface area contributed by atoms with E-state index in [0.29, 0.717) is 6.42 Å². The molecule has 0 unspecified atom stereocenters. The molecule has 0 fully saturated rings. The van der Waals surface area contributed by atoms with Crippen LogP contribution >= 0.6 is 0 Å². The zero-order valence-electron chi connectivity index (χ0n) is 17.8. The summed E-state index contributed by atoms with van der Waals surface area (Å²) in [5.41, 5.74) is 0.902. The summed E-state index contributed by atoms with van der Waals surface area (Å²) in [5, 5.41) is 2.96. The number of benzene rings is 1. The van der Waals surface area contributed by atoms with E-state index < -0.39 is 0 Å². The fraction of sp³-hybridized carbons (Fsp3) is 0.720. The van der Waals surface area contributed by atoms with Crippen LogP contribution in [0.3, 0.4) is 0 Å². The van der Waals surface area contributed by atoms with Gasteiger partial charge in [0.05, 0.1) is 0 Å². The van der Waals surface area contributed by atoms with E-state index in [1.54, 1.807) is 0 Å². The van der Waals surface area contributed by atoms with Gasteiger partial charge in [0.2, 0.25) is 5.91 Å². The topological polar surface area (TPSA) is 29.1 Å². The number of unbranched alkanes of at least 4 members (excludes halogenated alkanes) is 15. The van der Waals surface area contributed by atoms with Crippen LogP contribution in [0.25, 0.3) is 0 Å². The molecule has 0 aliphatic rings. The fourth-order valence-electron chi connectivity index (χ4n) is 3.58. The van der Waals surface area contributed by atoms with Gasteiger partial charge in [0, 0.05) is 12.1 Å². The predicted octanol–water partition coefficient (Wildman–Crippen LogP) is 8.28. The van der Waals surface area contributed by atoms with E-state index in [9.17, 15) is 4.79 Å². The predicted molar refractivity (Wildman–Crippen MR) is 119 cm³/mol. The Bertz CT molecular complexity index is 443. The molecule has 0 saturated carbocycles. The van der Waals surface area contributed by atoms with E-state index in [0.717, 1.165) is 12.1 Å². The van der Waals surface area contributed by atoms with Crippen molar-refractivity contribution in [2.24, 2.45) is 0 Å². The fourth-order valence-corrected chi connectivity index (χ4v) is 3.58. The number of anilines is 1. The third-order valence-electron chi connectivity index (χ3n) is 5.31. The maximum absolute atomic E-state index is 11.8. The Morgan fingerprint density at radius 1 is 0.630 bits per heavy atom. The van der Waals surface area contributed by atoms with Crippen LogP contribution in [0.2, 0.25) is 0 Å². The molecular weight excluding hydrogens is 330 g/mol. The largest absolute Gasteiger partial charge is 0.326 e. The van der Waals surface area contributed by atoms with Crippen LogP contribution < -0.4 is 5.32 Å². The van der Waals surface area contributed by atoms with Crippen LogP contribution in [0, 0.1) is 0 Å². The standard InChI is InChI=1S/C25H43NO/c1-2-3-4-5-6-7-8-9-10-11-12-13-14-15-16-20-23-25(27)26-24-21-18-17-19-22-24/h17-19,21-22H,2-16,20,23H2,1H3,(H,26,27). The maximum atomic E-state index is 11.8. The zero-order valence-corrected chi connectivity index (χ0v) is 17.8. The molecule has 0 atom stereocenters. The molecule has 0 aromatic heterocycles. The lowest BCUT2D eigenvalue weighted by Crippen LogP contribution is -2.10. The zero-order chi connectivity index (χ0) is 19.4. The van der Waals surface area contributed by atoms with Crippen molar-refractivity contribution in [2.75, 3.05) is 5.32 Å². The molecule has 0 spiro atoms. The van der Waals surface area contributed by atoms with Gasteiger partial charge >= 0.3 is 0 Å². The molecule has 1 aromatic carbocycles. The average molecular weight is 374 g/mol. The molecule has 0 saturated heterocycles. The van der Waals surface area contributed by atoms with Crippen molar-refractivity contribution >= 4 is 11.6 Å². The number of para-hydroxylation sites is 1. The first-order valence-corrected chi connectivity index (χ1v) is 11.7. The lowest BCUT2D eigenvalue weighted by atomic mass is 10.0. The normalized spacial score (nSPS) is 10.9. The molecule has 1 aromatic rings. The van der Waals surface area contributed by atoms with Crippen molar-refractivity contribution in [1.82, 2.24) is 0 Å². The van der Waals surface area contributed by atoms with Gasteiger partial charge in [0.1, 0.15) is 0 Å². The van der Waals surface area contributed by atoms with Gasteiger partial charge < -0.3 is 5.32 Å². The van der Waals surface area contributed by atoms with Crippen molar-refractivity contribution < 1.29 is 4.79 Å². The molecule has 0 aliphatic carbocycles. The second-order valence-corrected chi connectivity index (χ2v) is 7.97. The highest BCUT2D eigenvalue weighted by Crippen LogP contribution is 2.14. The van der Waals surface area contributed by atoms with E-state index in [1.165, 1.54) is 96.3 Å². The highest BCUT2D eigenvalue weighted by molar-refractivity contribution is 5.90. The van der Waals surface area contributed by atoms with E-state index in [2.05, 4.69) is 12.2 Å². The molecule has 27 heavy (non-hydrogen) atoms. The summed E-state index contributed by atoms with van der Waals surface area (Å²) in [4.78, 5) is 11.8. The van der Waals surface area contributed by atoms with E-state index >= 15 is 0 Å². The molecule has 0 radical (unpaired) electrons. The Balaban J connectivity index is 1.76. The number of rotatable bonds is 18. The van der Waals surface area contributed by atoms with Gasteiger partial charge in [-0.05, 0) is 18.6 Å². The van der Waals surface area contributed by atoms with Crippen molar-refractivity contribution in [3.8, 4) is 0 Å². The van der Waals surface area contributed by atoms with Gasteiger partial charge in [-0.3, -0.25) is 4.79 Å². The van der Waals surface area contributed by atoms with Gasteiger partial charge in [-0.25, -0.2) is 0 Å².